The minimum Gasteiger partial charge on any atom is -0.385 e. The summed E-state index contributed by atoms with van der Waals surface area (Å²) in [6.07, 6.45) is 1.66. The molecule has 1 aliphatic rings. The molecule has 3 heteroatoms. The predicted octanol–water partition coefficient (Wildman–Crippen LogP) is 3.36. The minimum atomic E-state index is -0.653. The number of hydrogen-bond donors (Lipinski definition) is 1. The van der Waals surface area contributed by atoms with Gasteiger partial charge in [0.2, 0.25) is 0 Å². The molecule has 1 aromatic rings. The Hall–Kier alpha value is -0.180. The maximum atomic E-state index is 10.6. The standard InChI is InChI=1S/C12H15ClOS/c1-9-2-3-10(13)8-11(9)12(14)4-6-15-7-5-12/h2-3,8,14H,4-7H2,1H3. The molecular weight excluding hydrogens is 228 g/mol. The summed E-state index contributed by atoms with van der Waals surface area (Å²) in [7, 11) is 0. The van der Waals surface area contributed by atoms with Crippen LogP contribution < -0.4 is 0 Å². The van der Waals surface area contributed by atoms with Crippen LogP contribution in [0, 0.1) is 6.92 Å². The largest absolute Gasteiger partial charge is 0.385 e. The smallest absolute Gasteiger partial charge is 0.0915 e. The summed E-state index contributed by atoms with van der Waals surface area (Å²) in [6.45, 7) is 2.03. The van der Waals surface area contributed by atoms with Crippen LogP contribution in [0.1, 0.15) is 24.0 Å². The first-order valence-corrected chi connectivity index (χ1v) is 6.72. The molecule has 0 aliphatic carbocycles. The Morgan fingerprint density at radius 2 is 2.00 bits per heavy atom. The van der Waals surface area contributed by atoms with Crippen LogP contribution in [0.15, 0.2) is 18.2 Å². The van der Waals surface area contributed by atoms with E-state index in [0.29, 0.717) is 5.02 Å². The summed E-state index contributed by atoms with van der Waals surface area (Å²) in [6, 6.07) is 5.77. The fraction of sp³-hybridized carbons (Fsp3) is 0.500. The molecule has 0 unspecified atom stereocenters. The second-order valence-corrected chi connectivity index (χ2v) is 5.76. The van der Waals surface area contributed by atoms with Crippen molar-refractivity contribution in [3.8, 4) is 0 Å². The number of halogens is 1. The second-order valence-electron chi connectivity index (χ2n) is 4.10. The average Bonchev–Trinajstić information content (AvgIpc) is 2.23. The maximum absolute atomic E-state index is 10.6. The molecule has 1 nitrogen and oxygen atoms in total. The first-order chi connectivity index (χ1) is 7.12. The fourth-order valence-corrected chi connectivity index (χ4v) is 3.41. The van der Waals surface area contributed by atoms with Crippen molar-refractivity contribution >= 4 is 23.4 Å². The van der Waals surface area contributed by atoms with Gasteiger partial charge in [-0.05, 0) is 54.5 Å². The highest BCUT2D eigenvalue weighted by atomic mass is 35.5. The lowest BCUT2D eigenvalue weighted by Crippen LogP contribution is -2.31. The Morgan fingerprint density at radius 3 is 2.67 bits per heavy atom. The summed E-state index contributed by atoms with van der Waals surface area (Å²) in [5.41, 5.74) is 1.49. The van der Waals surface area contributed by atoms with Crippen molar-refractivity contribution < 1.29 is 5.11 Å². The maximum Gasteiger partial charge on any atom is 0.0915 e. The fourth-order valence-electron chi connectivity index (χ4n) is 2.07. The third kappa shape index (κ3) is 2.32. The average molecular weight is 243 g/mol. The van der Waals surface area contributed by atoms with Crippen molar-refractivity contribution in [2.24, 2.45) is 0 Å². The molecule has 82 valence electrons. The number of thioether (sulfide) groups is 1. The van der Waals surface area contributed by atoms with Gasteiger partial charge < -0.3 is 5.11 Å². The zero-order chi connectivity index (χ0) is 10.9. The van der Waals surface area contributed by atoms with E-state index in [1.807, 2.05) is 36.9 Å². The van der Waals surface area contributed by atoms with E-state index in [1.165, 1.54) is 0 Å². The van der Waals surface area contributed by atoms with E-state index in [-0.39, 0.29) is 0 Å². The molecule has 0 radical (unpaired) electrons. The van der Waals surface area contributed by atoms with Crippen molar-refractivity contribution in [3.05, 3.63) is 34.3 Å². The number of benzene rings is 1. The van der Waals surface area contributed by atoms with Crippen LogP contribution in [0.3, 0.4) is 0 Å². The zero-order valence-electron chi connectivity index (χ0n) is 8.79. The molecule has 1 aliphatic heterocycles. The number of rotatable bonds is 1. The molecule has 0 bridgehead atoms. The van der Waals surface area contributed by atoms with E-state index in [0.717, 1.165) is 35.5 Å². The van der Waals surface area contributed by atoms with E-state index in [9.17, 15) is 5.11 Å². The van der Waals surface area contributed by atoms with Crippen LogP contribution in [0.25, 0.3) is 0 Å². The van der Waals surface area contributed by atoms with Crippen LogP contribution in [0.2, 0.25) is 5.02 Å². The molecule has 1 N–H and O–H groups in total. The molecule has 0 aromatic heterocycles. The summed E-state index contributed by atoms with van der Waals surface area (Å²) in [5, 5.41) is 11.3. The molecule has 15 heavy (non-hydrogen) atoms. The van der Waals surface area contributed by atoms with Gasteiger partial charge in [-0.2, -0.15) is 11.8 Å². The monoisotopic (exact) mass is 242 g/mol. The van der Waals surface area contributed by atoms with Gasteiger partial charge in [-0.15, -0.1) is 0 Å². The summed E-state index contributed by atoms with van der Waals surface area (Å²) in [4.78, 5) is 0. The van der Waals surface area contributed by atoms with E-state index >= 15 is 0 Å². The topological polar surface area (TPSA) is 20.2 Å². The number of hydrogen-bond acceptors (Lipinski definition) is 2. The van der Waals surface area contributed by atoms with E-state index in [2.05, 4.69) is 0 Å². The second kappa shape index (κ2) is 4.36. The van der Waals surface area contributed by atoms with Crippen LogP contribution in [0.4, 0.5) is 0 Å². The number of aliphatic hydroxyl groups is 1. The van der Waals surface area contributed by atoms with Crippen molar-refractivity contribution in [2.45, 2.75) is 25.4 Å². The molecule has 0 atom stereocenters. The lowest BCUT2D eigenvalue weighted by molar-refractivity contribution is 0.0275. The Kier molecular flexibility index (Phi) is 3.29. The van der Waals surface area contributed by atoms with Crippen molar-refractivity contribution in [1.82, 2.24) is 0 Å². The molecule has 0 spiro atoms. The molecule has 1 heterocycles. The van der Waals surface area contributed by atoms with Crippen LogP contribution in [-0.2, 0) is 5.60 Å². The third-order valence-corrected chi connectivity index (χ3v) is 4.24. The van der Waals surface area contributed by atoms with Crippen molar-refractivity contribution in [2.75, 3.05) is 11.5 Å². The van der Waals surface area contributed by atoms with Gasteiger partial charge in [0.1, 0.15) is 0 Å². The van der Waals surface area contributed by atoms with Crippen LogP contribution >= 0.6 is 23.4 Å². The van der Waals surface area contributed by atoms with Crippen molar-refractivity contribution in [3.63, 3.8) is 0 Å². The Morgan fingerprint density at radius 1 is 1.33 bits per heavy atom. The SMILES string of the molecule is Cc1ccc(Cl)cc1C1(O)CCSCC1. The molecular formula is C12H15ClOS. The number of aryl methyl sites for hydroxylation is 1. The van der Waals surface area contributed by atoms with E-state index in [4.69, 9.17) is 11.6 Å². The van der Waals surface area contributed by atoms with Crippen molar-refractivity contribution in [1.29, 1.82) is 0 Å². The Balaban J connectivity index is 2.38. The first-order valence-electron chi connectivity index (χ1n) is 5.19. The Labute approximate surface area is 99.8 Å². The quantitative estimate of drug-likeness (QED) is 0.815. The first kappa shape index (κ1) is 11.3. The molecule has 2 rings (SSSR count). The molecule has 1 aromatic carbocycles. The summed E-state index contributed by atoms with van der Waals surface area (Å²) in [5.74, 6) is 2.06. The lowest BCUT2D eigenvalue weighted by atomic mass is 9.85. The highest BCUT2D eigenvalue weighted by Gasteiger charge is 2.32. The minimum absolute atomic E-state index is 0.653. The highest BCUT2D eigenvalue weighted by Crippen LogP contribution is 2.38. The predicted molar refractivity (Wildman–Crippen MR) is 66.6 cm³/mol. The highest BCUT2D eigenvalue weighted by molar-refractivity contribution is 7.99. The van der Waals surface area contributed by atoms with Gasteiger partial charge in [0.15, 0.2) is 0 Å². The van der Waals surface area contributed by atoms with Gasteiger partial charge in [-0.1, -0.05) is 17.7 Å². The zero-order valence-corrected chi connectivity index (χ0v) is 10.4. The normalized spacial score (nSPS) is 20.2. The van der Waals surface area contributed by atoms with E-state index in [1.54, 1.807) is 0 Å². The van der Waals surface area contributed by atoms with Gasteiger partial charge in [0.25, 0.3) is 0 Å². The van der Waals surface area contributed by atoms with E-state index < -0.39 is 5.60 Å². The molecule has 1 saturated heterocycles. The van der Waals surface area contributed by atoms with Crippen LogP contribution in [-0.4, -0.2) is 16.6 Å². The van der Waals surface area contributed by atoms with Gasteiger partial charge in [0.05, 0.1) is 5.60 Å². The van der Waals surface area contributed by atoms with Gasteiger partial charge in [-0.3, -0.25) is 0 Å². The van der Waals surface area contributed by atoms with Crippen LogP contribution in [0.5, 0.6) is 0 Å². The van der Waals surface area contributed by atoms with Gasteiger partial charge in [0, 0.05) is 5.02 Å². The summed E-state index contributed by atoms with van der Waals surface area (Å²) >= 11 is 7.89. The molecule has 0 saturated carbocycles. The third-order valence-electron chi connectivity index (χ3n) is 3.02. The lowest BCUT2D eigenvalue weighted by Gasteiger charge is -2.33. The summed E-state index contributed by atoms with van der Waals surface area (Å²) < 4.78 is 0. The molecule has 1 fully saturated rings. The molecule has 0 amide bonds. The van der Waals surface area contributed by atoms with Gasteiger partial charge in [-0.25, -0.2) is 0 Å². The van der Waals surface area contributed by atoms with Gasteiger partial charge >= 0.3 is 0 Å². The Bertz CT molecular complexity index is 359.